The largest absolute Gasteiger partial charge is 0.508 e. The molecule has 0 radical (unpaired) electrons. The molecule has 5 heteroatoms. The van der Waals surface area contributed by atoms with Gasteiger partial charge in [0.2, 0.25) is 0 Å². The number of phenolic OH excluding ortho intramolecular Hbond substituents is 1. The van der Waals surface area contributed by atoms with Crippen molar-refractivity contribution in [2.75, 3.05) is 5.73 Å². The van der Waals surface area contributed by atoms with Gasteiger partial charge < -0.3 is 15.9 Å². The molecule has 0 saturated carbocycles. The van der Waals surface area contributed by atoms with E-state index in [0.29, 0.717) is 17.1 Å². The summed E-state index contributed by atoms with van der Waals surface area (Å²) in [6, 6.07) is 13.3. The van der Waals surface area contributed by atoms with E-state index >= 15 is 0 Å². The number of aryl methyl sites for hydroxylation is 3. The molecule has 2 heterocycles. The van der Waals surface area contributed by atoms with Crippen LogP contribution in [0, 0.1) is 6.92 Å². The number of aromatic nitrogens is 2. The Hall–Kier alpha value is -3.18. The smallest absolute Gasteiger partial charge is 0.150 e. The van der Waals surface area contributed by atoms with Gasteiger partial charge in [-0.2, -0.15) is 0 Å². The molecule has 4 rings (SSSR count). The third kappa shape index (κ3) is 3.29. The summed E-state index contributed by atoms with van der Waals surface area (Å²) >= 11 is 0. The first-order chi connectivity index (χ1) is 13.0. The Morgan fingerprint density at radius 1 is 0.963 bits per heavy atom. The molecule has 0 bridgehead atoms. The highest BCUT2D eigenvalue weighted by Crippen LogP contribution is 2.28. The number of hydrogen-bond donors (Lipinski definition) is 3. The zero-order valence-corrected chi connectivity index (χ0v) is 15.1. The van der Waals surface area contributed by atoms with E-state index in [1.807, 2.05) is 37.4 Å². The van der Waals surface area contributed by atoms with Crippen molar-refractivity contribution in [1.82, 2.24) is 9.97 Å². The van der Waals surface area contributed by atoms with Crippen LogP contribution in [0.3, 0.4) is 0 Å². The number of anilines is 1. The highest BCUT2D eigenvalue weighted by atomic mass is 16.3. The molecule has 4 aromatic rings. The number of nitrogens with two attached hydrogens (primary N) is 1. The number of nitrogens with zero attached hydrogens (tertiary/aromatic N) is 2. The zero-order chi connectivity index (χ0) is 19.0. The number of aromatic hydroxyl groups is 1. The summed E-state index contributed by atoms with van der Waals surface area (Å²) in [4.78, 5) is 8.98. The quantitative estimate of drug-likeness (QED) is 0.484. The molecule has 5 nitrogen and oxygen atoms in total. The lowest BCUT2D eigenvalue weighted by Gasteiger charge is -2.10. The number of aliphatic hydroxyl groups is 1. The molecule has 0 atom stereocenters. The number of rotatable bonds is 4. The Morgan fingerprint density at radius 3 is 2.59 bits per heavy atom. The standard InChI is InChI=1S/C22H21N3O2/c1-13-8-17(27)6-5-16(13)4-2-14-9-19-18-7-3-15(12-26)10-20(18)25-22(23)21(19)24-11-14/h3,5-11,26-27H,2,4,12H2,1H3,(H2,23,25). The van der Waals surface area contributed by atoms with E-state index in [1.54, 1.807) is 12.1 Å². The van der Waals surface area contributed by atoms with E-state index < -0.39 is 0 Å². The summed E-state index contributed by atoms with van der Waals surface area (Å²) < 4.78 is 0. The lowest BCUT2D eigenvalue weighted by Crippen LogP contribution is -1.99. The summed E-state index contributed by atoms with van der Waals surface area (Å²) in [7, 11) is 0. The number of aliphatic hydroxyl groups excluding tert-OH is 1. The van der Waals surface area contributed by atoms with Crippen molar-refractivity contribution in [3.05, 3.63) is 70.9 Å². The fourth-order valence-corrected chi connectivity index (χ4v) is 3.47. The van der Waals surface area contributed by atoms with Crippen molar-refractivity contribution in [2.45, 2.75) is 26.4 Å². The molecule has 2 aromatic carbocycles. The van der Waals surface area contributed by atoms with Crippen LogP contribution in [0.5, 0.6) is 5.75 Å². The molecule has 0 aliphatic heterocycles. The first kappa shape index (κ1) is 17.2. The van der Waals surface area contributed by atoms with Crippen molar-refractivity contribution >= 4 is 27.6 Å². The lowest BCUT2D eigenvalue weighted by atomic mass is 9.99. The van der Waals surface area contributed by atoms with E-state index in [1.165, 1.54) is 5.56 Å². The van der Waals surface area contributed by atoms with Gasteiger partial charge in [-0.15, -0.1) is 0 Å². The van der Waals surface area contributed by atoms with Gasteiger partial charge in [-0.25, -0.2) is 4.98 Å². The first-order valence-corrected chi connectivity index (χ1v) is 8.91. The van der Waals surface area contributed by atoms with Crippen LogP contribution >= 0.6 is 0 Å². The molecule has 27 heavy (non-hydrogen) atoms. The number of pyridine rings is 2. The van der Waals surface area contributed by atoms with E-state index in [-0.39, 0.29) is 6.61 Å². The second-order valence-electron chi connectivity index (χ2n) is 6.86. The van der Waals surface area contributed by atoms with Crippen molar-refractivity contribution < 1.29 is 10.2 Å². The van der Waals surface area contributed by atoms with Gasteiger partial charge in [0.1, 0.15) is 11.3 Å². The van der Waals surface area contributed by atoms with Crippen LogP contribution in [0.1, 0.15) is 22.3 Å². The molecule has 0 saturated heterocycles. The average molecular weight is 359 g/mol. The van der Waals surface area contributed by atoms with Crippen LogP contribution in [0.2, 0.25) is 0 Å². The van der Waals surface area contributed by atoms with Gasteiger partial charge in [0.05, 0.1) is 12.1 Å². The Bertz CT molecular complexity index is 1160. The normalized spacial score (nSPS) is 11.3. The summed E-state index contributed by atoms with van der Waals surface area (Å²) in [6.45, 7) is 1.98. The van der Waals surface area contributed by atoms with Crippen molar-refractivity contribution in [3.63, 3.8) is 0 Å². The minimum absolute atomic E-state index is 0.0279. The fraction of sp³-hybridized carbons (Fsp3) is 0.182. The van der Waals surface area contributed by atoms with Gasteiger partial charge in [-0.3, -0.25) is 4.98 Å². The number of hydrogen-bond acceptors (Lipinski definition) is 5. The van der Waals surface area contributed by atoms with Crippen LogP contribution in [0.15, 0.2) is 48.7 Å². The number of fused-ring (bicyclic) bond motifs is 3. The molecule has 0 spiro atoms. The third-order valence-corrected chi connectivity index (χ3v) is 4.97. The summed E-state index contributed by atoms with van der Waals surface area (Å²) in [5, 5.41) is 20.9. The molecular formula is C22H21N3O2. The molecule has 136 valence electrons. The predicted molar refractivity (Wildman–Crippen MR) is 108 cm³/mol. The van der Waals surface area contributed by atoms with Crippen LogP contribution in [-0.2, 0) is 19.4 Å². The Labute approximate surface area is 157 Å². The number of phenols is 1. The highest BCUT2D eigenvalue weighted by molar-refractivity contribution is 6.08. The molecule has 2 aromatic heterocycles. The second-order valence-corrected chi connectivity index (χ2v) is 6.86. The van der Waals surface area contributed by atoms with Crippen LogP contribution in [-0.4, -0.2) is 20.2 Å². The van der Waals surface area contributed by atoms with Gasteiger partial charge in [0.25, 0.3) is 0 Å². The van der Waals surface area contributed by atoms with Crippen molar-refractivity contribution in [3.8, 4) is 5.75 Å². The van der Waals surface area contributed by atoms with Crippen molar-refractivity contribution in [1.29, 1.82) is 0 Å². The van der Waals surface area contributed by atoms with Crippen LogP contribution in [0.25, 0.3) is 21.8 Å². The maximum Gasteiger partial charge on any atom is 0.150 e. The molecule has 0 unspecified atom stereocenters. The monoisotopic (exact) mass is 359 g/mol. The van der Waals surface area contributed by atoms with Gasteiger partial charge in [-0.1, -0.05) is 18.2 Å². The van der Waals surface area contributed by atoms with E-state index in [4.69, 9.17) is 5.73 Å². The van der Waals surface area contributed by atoms with Gasteiger partial charge >= 0.3 is 0 Å². The van der Waals surface area contributed by atoms with Crippen LogP contribution < -0.4 is 5.73 Å². The second kappa shape index (κ2) is 6.85. The Balaban J connectivity index is 1.73. The Kier molecular flexibility index (Phi) is 4.38. The minimum Gasteiger partial charge on any atom is -0.508 e. The lowest BCUT2D eigenvalue weighted by molar-refractivity contribution is 0.282. The molecule has 0 fully saturated rings. The topological polar surface area (TPSA) is 92.3 Å². The number of nitrogen functional groups attached to an aromatic ring is 1. The third-order valence-electron chi connectivity index (χ3n) is 4.97. The Morgan fingerprint density at radius 2 is 1.81 bits per heavy atom. The van der Waals surface area contributed by atoms with Crippen LogP contribution in [0.4, 0.5) is 5.82 Å². The summed E-state index contributed by atoms with van der Waals surface area (Å²) in [5.41, 5.74) is 11.8. The van der Waals surface area contributed by atoms with E-state index in [2.05, 4.69) is 16.0 Å². The summed E-state index contributed by atoms with van der Waals surface area (Å²) in [5.74, 6) is 0.689. The SMILES string of the molecule is Cc1cc(O)ccc1CCc1cnc2c(N)nc3cc(CO)ccc3c2c1. The average Bonchev–Trinajstić information content (AvgIpc) is 2.67. The predicted octanol–water partition coefficient (Wildman–Crippen LogP) is 3.66. The first-order valence-electron chi connectivity index (χ1n) is 8.91. The van der Waals surface area contributed by atoms with E-state index in [0.717, 1.165) is 45.8 Å². The molecule has 0 aliphatic carbocycles. The minimum atomic E-state index is -0.0279. The number of benzene rings is 2. The van der Waals surface area contributed by atoms with Gasteiger partial charge in [0.15, 0.2) is 5.82 Å². The fourth-order valence-electron chi connectivity index (χ4n) is 3.47. The van der Waals surface area contributed by atoms with E-state index in [9.17, 15) is 10.2 Å². The van der Waals surface area contributed by atoms with Crippen molar-refractivity contribution in [2.24, 2.45) is 0 Å². The highest BCUT2D eigenvalue weighted by Gasteiger charge is 2.10. The zero-order valence-electron chi connectivity index (χ0n) is 15.1. The summed E-state index contributed by atoms with van der Waals surface area (Å²) in [6.07, 6.45) is 3.56. The maximum absolute atomic E-state index is 9.56. The van der Waals surface area contributed by atoms with Gasteiger partial charge in [0, 0.05) is 17.0 Å². The maximum atomic E-state index is 9.56. The molecule has 4 N–H and O–H groups in total. The van der Waals surface area contributed by atoms with Gasteiger partial charge in [-0.05, 0) is 66.3 Å². The molecule has 0 amide bonds. The molecular weight excluding hydrogens is 338 g/mol. The molecule has 0 aliphatic rings.